The van der Waals surface area contributed by atoms with Gasteiger partial charge in [-0.05, 0) is 54.9 Å². The van der Waals surface area contributed by atoms with E-state index >= 15 is 0 Å². The number of aryl methyl sites for hydroxylation is 2. The predicted molar refractivity (Wildman–Crippen MR) is 102 cm³/mol. The first-order chi connectivity index (χ1) is 12.0. The van der Waals surface area contributed by atoms with Crippen LogP contribution in [0, 0.1) is 6.92 Å². The van der Waals surface area contributed by atoms with E-state index in [9.17, 15) is 5.21 Å². The monoisotopic (exact) mass is 361 g/mol. The zero-order valence-electron chi connectivity index (χ0n) is 14.9. The van der Waals surface area contributed by atoms with Gasteiger partial charge in [-0.25, -0.2) is 0 Å². The van der Waals surface area contributed by atoms with Crippen LogP contribution in [0.4, 0.5) is 5.69 Å². The van der Waals surface area contributed by atoms with E-state index in [1.54, 1.807) is 25.3 Å². The van der Waals surface area contributed by atoms with Gasteiger partial charge in [-0.15, -0.1) is 0 Å². The van der Waals surface area contributed by atoms with E-state index < -0.39 is 0 Å². The molecule has 0 saturated carbocycles. The lowest BCUT2D eigenvalue weighted by Crippen LogP contribution is -2.27. The minimum absolute atomic E-state index is 0.0574. The Balaban J connectivity index is 2.30. The summed E-state index contributed by atoms with van der Waals surface area (Å²) in [7, 11) is 2.97. The highest BCUT2D eigenvalue weighted by molar-refractivity contribution is 7.80. The molecule has 0 bridgehead atoms. The van der Waals surface area contributed by atoms with Gasteiger partial charge in [-0.1, -0.05) is 25.1 Å². The van der Waals surface area contributed by atoms with Crippen LogP contribution in [0.25, 0.3) is 0 Å². The van der Waals surface area contributed by atoms with Crippen LogP contribution in [-0.2, 0) is 17.8 Å². The van der Waals surface area contributed by atoms with Crippen molar-refractivity contribution in [3.05, 3.63) is 53.1 Å². The van der Waals surface area contributed by atoms with E-state index in [0.29, 0.717) is 17.0 Å². The molecule has 0 aliphatic rings. The van der Waals surface area contributed by atoms with Crippen molar-refractivity contribution < 1.29 is 19.4 Å². The van der Waals surface area contributed by atoms with Crippen molar-refractivity contribution in [3.63, 3.8) is 0 Å². The largest absolute Gasteiger partial charge is 0.496 e. The molecule has 0 amide bonds. The smallest absolute Gasteiger partial charge is 0.288 e. The number of hydrogen-bond donors (Lipinski definition) is 1. The minimum atomic E-state index is -0.0574. The Morgan fingerprint density at radius 3 is 2.52 bits per heavy atom. The first-order valence-corrected chi connectivity index (χ1v) is 8.37. The summed E-state index contributed by atoms with van der Waals surface area (Å²) < 4.78 is 16.3. The molecule has 134 valence electrons. The maximum Gasteiger partial charge on any atom is 0.288 e. The minimum Gasteiger partial charge on any atom is -0.496 e. The second-order valence-electron chi connectivity index (χ2n) is 5.48. The van der Waals surface area contributed by atoms with Crippen molar-refractivity contribution in [2.45, 2.75) is 26.9 Å². The quantitative estimate of drug-likeness (QED) is 0.612. The van der Waals surface area contributed by atoms with Crippen LogP contribution >= 0.6 is 12.2 Å². The highest BCUT2D eigenvalue weighted by Crippen LogP contribution is 2.31. The molecule has 1 N–H and O–H groups in total. The summed E-state index contributed by atoms with van der Waals surface area (Å²) >= 11 is 5.00. The molecule has 2 aromatic rings. The fraction of sp³-hybridized carbons (Fsp3) is 0.316. The van der Waals surface area contributed by atoms with Crippen molar-refractivity contribution in [2.75, 3.05) is 19.3 Å². The van der Waals surface area contributed by atoms with Gasteiger partial charge in [0.15, 0.2) is 0 Å². The second-order valence-corrected chi connectivity index (χ2v) is 5.83. The van der Waals surface area contributed by atoms with Gasteiger partial charge in [0.05, 0.1) is 25.5 Å². The molecule has 0 aliphatic heterocycles. The SMILES string of the molecule is CCc1ccc(OCc2c(OC)cccc2N(O)C(=S)OC)c(C)c1. The standard InChI is InChI=1S/C19H23NO4S/c1-5-14-9-10-17(13(2)11-14)24-12-15-16(20(21)19(25)23-4)7-6-8-18(15)22-3/h6-11,21H,5,12H2,1-4H3. The molecule has 0 spiro atoms. The maximum absolute atomic E-state index is 10.3. The highest BCUT2D eigenvalue weighted by Gasteiger charge is 2.18. The molecule has 2 rings (SSSR count). The lowest BCUT2D eigenvalue weighted by molar-refractivity contribution is 0.261. The highest BCUT2D eigenvalue weighted by atomic mass is 32.1. The van der Waals surface area contributed by atoms with Crippen LogP contribution in [0.5, 0.6) is 11.5 Å². The molecule has 0 radical (unpaired) electrons. The summed E-state index contributed by atoms with van der Waals surface area (Å²) in [5.74, 6) is 1.38. The lowest BCUT2D eigenvalue weighted by atomic mass is 10.1. The zero-order chi connectivity index (χ0) is 18.4. The van der Waals surface area contributed by atoms with Crippen molar-refractivity contribution in [1.82, 2.24) is 0 Å². The molecule has 0 unspecified atom stereocenters. The van der Waals surface area contributed by atoms with E-state index in [4.69, 9.17) is 26.4 Å². The number of hydrogen-bond acceptors (Lipinski definition) is 5. The fourth-order valence-electron chi connectivity index (χ4n) is 2.52. The molecular weight excluding hydrogens is 338 g/mol. The molecular formula is C19H23NO4S. The van der Waals surface area contributed by atoms with Crippen LogP contribution in [0.15, 0.2) is 36.4 Å². The van der Waals surface area contributed by atoms with E-state index in [2.05, 4.69) is 13.0 Å². The van der Waals surface area contributed by atoms with Crippen LogP contribution in [0.1, 0.15) is 23.6 Å². The molecule has 0 fully saturated rings. The summed E-state index contributed by atoms with van der Waals surface area (Å²) in [6.45, 7) is 4.34. The first kappa shape index (κ1) is 19.0. The van der Waals surface area contributed by atoms with Gasteiger partial charge in [0.2, 0.25) is 0 Å². The normalized spacial score (nSPS) is 10.3. The number of nitrogens with zero attached hydrogens (tertiary/aromatic N) is 1. The molecule has 5 nitrogen and oxygen atoms in total. The third-order valence-corrected chi connectivity index (χ3v) is 4.26. The van der Waals surface area contributed by atoms with Crippen LogP contribution in [0.2, 0.25) is 0 Å². The Hall–Kier alpha value is -2.31. The number of benzene rings is 2. The van der Waals surface area contributed by atoms with E-state index in [1.165, 1.54) is 12.7 Å². The average Bonchev–Trinajstić information content (AvgIpc) is 2.65. The number of anilines is 1. The Bertz CT molecular complexity index is 748. The van der Waals surface area contributed by atoms with Crippen molar-refractivity contribution in [2.24, 2.45) is 0 Å². The molecule has 25 heavy (non-hydrogen) atoms. The Morgan fingerprint density at radius 2 is 1.92 bits per heavy atom. The van der Waals surface area contributed by atoms with Crippen molar-refractivity contribution in [1.29, 1.82) is 0 Å². The molecule has 0 aliphatic carbocycles. The van der Waals surface area contributed by atoms with E-state index in [1.807, 2.05) is 19.1 Å². The van der Waals surface area contributed by atoms with Gasteiger partial charge in [-0.3, -0.25) is 5.21 Å². The zero-order valence-corrected chi connectivity index (χ0v) is 15.7. The van der Waals surface area contributed by atoms with Gasteiger partial charge >= 0.3 is 0 Å². The third-order valence-electron chi connectivity index (χ3n) is 3.92. The molecule has 0 saturated heterocycles. The molecule has 6 heteroatoms. The van der Waals surface area contributed by atoms with Crippen LogP contribution in [0.3, 0.4) is 0 Å². The average molecular weight is 361 g/mol. The molecule has 0 atom stereocenters. The Morgan fingerprint density at radius 1 is 1.16 bits per heavy atom. The van der Waals surface area contributed by atoms with Crippen molar-refractivity contribution >= 4 is 23.1 Å². The van der Waals surface area contributed by atoms with Crippen molar-refractivity contribution in [3.8, 4) is 11.5 Å². The van der Waals surface area contributed by atoms with Crippen LogP contribution < -0.4 is 14.5 Å². The second kappa shape index (κ2) is 8.69. The summed E-state index contributed by atoms with van der Waals surface area (Å²) in [5, 5.41) is 11.0. The van der Waals surface area contributed by atoms with Gasteiger partial charge < -0.3 is 14.2 Å². The fourth-order valence-corrected chi connectivity index (χ4v) is 2.62. The summed E-state index contributed by atoms with van der Waals surface area (Å²) in [6.07, 6.45) is 0.978. The number of ether oxygens (including phenoxy) is 3. The van der Waals surface area contributed by atoms with E-state index in [0.717, 1.165) is 22.8 Å². The number of thiocarbonyl (C=S) groups is 1. The van der Waals surface area contributed by atoms with Gasteiger partial charge in [-0.2, -0.15) is 5.06 Å². The number of rotatable bonds is 6. The molecule has 0 aromatic heterocycles. The first-order valence-electron chi connectivity index (χ1n) is 7.97. The third kappa shape index (κ3) is 4.41. The molecule has 2 aromatic carbocycles. The van der Waals surface area contributed by atoms with Gasteiger partial charge in [0.25, 0.3) is 5.17 Å². The summed E-state index contributed by atoms with van der Waals surface area (Å²) in [4.78, 5) is 0. The van der Waals surface area contributed by atoms with E-state index in [-0.39, 0.29) is 11.8 Å². The van der Waals surface area contributed by atoms with Gasteiger partial charge in [0, 0.05) is 0 Å². The molecule has 0 heterocycles. The van der Waals surface area contributed by atoms with Gasteiger partial charge in [0.1, 0.15) is 18.1 Å². The number of methoxy groups -OCH3 is 2. The Kier molecular flexibility index (Phi) is 6.61. The topological polar surface area (TPSA) is 51.2 Å². The summed E-state index contributed by atoms with van der Waals surface area (Å²) in [6, 6.07) is 11.4. The number of hydroxylamine groups is 1. The predicted octanol–water partition coefficient (Wildman–Crippen LogP) is 4.27. The van der Waals surface area contributed by atoms with Crippen LogP contribution in [-0.4, -0.2) is 24.6 Å². The maximum atomic E-state index is 10.3. The summed E-state index contributed by atoms with van der Waals surface area (Å²) in [5.41, 5.74) is 3.44. The Labute approximate surface area is 153 Å². The lowest BCUT2D eigenvalue weighted by Gasteiger charge is -2.21.